The molecule has 1 rings (SSSR count). The van der Waals surface area contributed by atoms with E-state index >= 15 is 0 Å². The molecule has 0 aliphatic carbocycles. The molecule has 0 aromatic carbocycles. The highest BCUT2D eigenvalue weighted by Crippen LogP contribution is 2.10. The Morgan fingerprint density at radius 2 is 1.33 bits per heavy atom. The Bertz CT molecular complexity index is 1180. The molecule has 1 unspecified atom stereocenters. The standard InChI is InChI=1S/C32H53BN8O8/c1-20(2)28(31(48)39-24(12-10-17-36-32(34)49)29(46)37-21(3)19-33)40-30(47)23(38-22(4)42)11-7-8-16-35-25(43)13-6-5-9-18-41-26(44)14-15-27(41)45/h14-15,20-21,23-24,28H,5-13,16-19H2,1-4H3,(H,35,43)(H,37,46)(H,38,42)(H,39,48)(H,40,47)(H3,34,36,49)/t21-,23+,24+,28?/m1/s1. The number of nitrogens with zero attached hydrogens (tertiary/aromatic N) is 1. The van der Waals surface area contributed by atoms with E-state index in [1.54, 1.807) is 20.8 Å². The van der Waals surface area contributed by atoms with E-state index in [1.165, 1.54) is 24.0 Å². The zero-order chi connectivity index (χ0) is 36.9. The van der Waals surface area contributed by atoms with Crippen LogP contribution in [0.25, 0.3) is 0 Å². The third-order valence-electron chi connectivity index (χ3n) is 7.71. The van der Waals surface area contributed by atoms with Crippen molar-refractivity contribution in [2.45, 2.75) is 116 Å². The van der Waals surface area contributed by atoms with Gasteiger partial charge in [-0.1, -0.05) is 26.6 Å². The summed E-state index contributed by atoms with van der Waals surface area (Å²) in [6, 6.07) is -3.99. The number of hydrogen-bond acceptors (Lipinski definition) is 8. The molecule has 0 saturated heterocycles. The van der Waals surface area contributed by atoms with Crippen molar-refractivity contribution in [3.63, 3.8) is 0 Å². The molecule has 17 heteroatoms. The Labute approximate surface area is 289 Å². The van der Waals surface area contributed by atoms with Crippen LogP contribution in [-0.4, -0.2) is 104 Å². The lowest BCUT2D eigenvalue weighted by atomic mass is 9.98. The van der Waals surface area contributed by atoms with E-state index in [2.05, 4.69) is 31.9 Å². The minimum Gasteiger partial charge on any atom is -0.356 e. The Kier molecular flexibility index (Phi) is 20.0. The van der Waals surface area contributed by atoms with Crippen molar-refractivity contribution in [1.29, 1.82) is 0 Å². The Balaban J connectivity index is 2.61. The normalized spacial score (nSPS) is 14.8. The maximum Gasteiger partial charge on any atom is 0.312 e. The molecule has 1 aliphatic rings. The van der Waals surface area contributed by atoms with E-state index < -0.39 is 47.8 Å². The molecule has 0 saturated carbocycles. The van der Waals surface area contributed by atoms with Crippen molar-refractivity contribution in [3.8, 4) is 0 Å². The number of unbranched alkanes of at least 4 members (excludes halogenated alkanes) is 3. The van der Waals surface area contributed by atoms with Crippen LogP contribution >= 0.6 is 0 Å². The summed E-state index contributed by atoms with van der Waals surface area (Å²) in [6.45, 7) is 7.34. The summed E-state index contributed by atoms with van der Waals surface area (Å²) in [6.07, 6.45) is 6.67. The maximum absolute atomic E-state index is 13.4. The van der Waals surface area contributed by atoms with Gasteiger partial charge in [-0.2, -0.15) is 0 Å². The number of nitrogens with one attached hydrogen (secondary N) is 6. The SMILES string of the molecule is [B]C[C@@H](C)NC(=O)[C@H](CCCNC(N)=O)NC(=O)C(NC(=O)[C@H](CCCCNC(=O)CCCCCN1C(=O)C=CC1=O)NC(C)=O)C(C)C. The molecule has 1 aliphatic heterocycles. The quantitative estimate of drug-likeness (QED) is 0.0393. The van der Waals surface area contributed by atoms with Gasteiger partial charge in [-0.15, -0.1) is 0 Å². The number of carbonyl (C=O) groups is 8. The molecule has 1 heterocycles. The van der Waals surface area contributed by atoms with Crippen molar-refractivity contribution in [2.75, 3.05) is 19.6 Å². The van der Waals surface area contributed by atoms with Crippen LogP contribution in [0.1, 0.15) is 85.5 Å². The molecule has 0 bridgehead atoms. The summed E-state index contributed by atoms with van der Waals surface area (Å²) in [5, 5.41) is 16.0. The summed E-state index contributed by atoms with van der Waals surface area (Å²) in [5.74, 6) is -3.20. The van der Waals surface area contributed by atoms with Gasteiger partial charge in [-0.05, 0) is 57.8 Å². The fourth-order valence-electron chi connectivity index (χ4n) is 4.93. The van der Waals surface area contributed by atoms with Gasteiger partial charge in [-0.3, -0.25) is 38.5 Å². The molecule has 0 aromatic heterocycles. The van der Waals surface area contributed by atoms with Crippen molar-refractivity contribution < 1.29 is 38.4 Å². The highest BCUT2D eigenvalue weighted by Gasteiger charge is 2.31. The monoisotopic (exact) mass is 688 g/mol. The molecular formula is C32H53BN8O8. The lowest BCUT2D eigenvalue weighted by Crippen LogP contribution is -2.58. The lowest BCUT2D eigenvalue weighted by Gasteiger charge is -2.28. The van der Waals surface area contributed by atoms with Crippen LogP contribution in [0.4, 0.5) is 4.79 Å². The number of primary amides is 1. The molecular weight excluding hydrogens is 635 g/mol. The summed E-state index contributed by atoms with van der Waals surface area (Å²) in [4.78, 5) is 98.9. The zero-order valence-corrected chi connectivity index (χ0v) is 29.1. The smallest absolute Gasteiger partial charge is 0.312 e. The first kappa shape index (κ1) is 42.6. The van der Waals surface area contributed by atoms with Gasteiger partial charge in [0.25, 0.3) is 11.8 Å². The third kappa shape index (κ3) is 17.5. The summed E-state index contributed by atoms with van der Waals surface area (Å²) >= 11 is 0. The Morgan fingerprint density at radius 1 is 0.735 bits per heavy atom. The van der Waals surface area contributed by atoms with Gasteiger partial charge in [0.15, 0.2) is 0 Å². The van der Waals surface area contributed by atoms with Crippen LogP contribution in [0.2, 0.25) is 6.32 Å². The van der Waals surface area contributed by atoms with Crippen molar-refractivity contribution in [1.82, 2.24) is 36.8 Å². The molecule has 8 N–H and O–H groups in total. The number of imide groups is 1. The number of amides is 9. The van der Waals surface area contributed by atoms with E-state index in [0.29, 0.717) is 58.0 Å². The molecule has 2 radical (unpaired) electrons. The highest BCUT2D eigenvalue weighted by molar-refractivity contribution is 6.12. The zero-order valence-electron chi connectivity index (χ0n) is 29.1. The second-order valence-corrected chi connectivity index (χ2v) is 12.4. The van der Waals surface area contributed by atoms with E-state index in [4.69, 9.17) is 13.6 Å². The first-order chi connectivity index (χ1) is 23.2. The van der Waals surface area contributed by atoms with Crippen LogP contribution in [0.15, 0.2) is 12.2 Å². The highest BCUT2D eigenvalue weighted by atomic mass is 16.2. The molecule has 0 aromatic rings. The van der Waals surface area contributed by atoms with E-state index in [-0.39, 0.29) is 55.4 Å². The fourth-order valence-corrected chi connectivity index (χ4v) is 4.93. The first-order valence-corrected chi connectivity index (χ1v) is 16.9. The number of carbonyl (C=O) groups excluding carboxylic acids is 8. The second-order valence-electron chi connectivity index (χ2n) is 12.4. The third-order valence-corrected chi connectivity index (χ3v) is 7.71. The predicted octanol–water partition coefficient (Wildman–Crippen LogP) is -0.571. The number of rotatable bonds is 24. The lowest BCUT2D eigenvalue weighted by molar-refractivity contribution is -0.137. The molecule has 16 nitrogen and oxygen atoms in total. The molecule has 0 fully saturated rings. The van der Waals surface area contributed by atoms with Crippen LogP contribution in [0.3, 0.4) is 0 Å². The van der Waals surface area contributed by atoms with E-state index in [0.717, 1.165) is 0 Å². The topological polar surface area (TPSA) is 238 Å². The van der Waals surface area contributed by atoms with Gasteiger partial charge in [0.2, 0.25) is 29.5 Å². The number of hydrogen-bond donors (Lipinski definition) is 7. The van der Waals surface area contributed by atoms with Crippen molar-refractivity contribution in [2.24, 2.45) is 11.7 Å². The number of nitrogens with two attached hydrogens (primary N) is 1. The van der Waals surface area contributed by atoms with Crippen LogP contribution in [0.5, 0.6) is 0 Å². The Morgan fingerprint density at radius 3 is 1.92 bits per heavy atom. The van der Waals surface area contributed by atoms with Crippen molar-refractivity contribution >= 4 is 55.2 Å². The van der Waals surface area contributed by atoms with Gasteiger partial charge < -0.3 is 37.6 Å². The van der Waals surface area contributed by atoms with E-state index in [9.17, 15) is 38.4 Å². The average molecular weight is 689 g/mol. The minimum absolute atomic E-state index is 0.134. The van der Waals surface area contributed by atoms with Crippen LogP contribution in [-0.2, 0) is 33.6 Å². The molecule has 4 atom stereocenters. The van der Waals surface area contributed by atoms with Gasteiger partial charge in [0.1, 0.15) is 18.1 Å². The predicted molar refractivity (Wildman–Crippen MR) is 182 cm³/mol. The van der Waals surface area contributed by atoms with Gasteiger partial charge >= 0.3 is 6.03 Å². The van der Waals surface area contributed by atoms with E-state index in [1.807, 2.05) is 0 Å². The van der Waals surface area contributed by atoms with Gasteiger partial charge in [-0.25, -0.2) is 4.79 Å². The van der Waals surface area contributed by atoms with Gasteiger partial charge in [0.05, 0.1) is 7.85 Å². The summed E-state index contributed by atoms with van der Waals surface area (Å²) in [5.41, 5.74) is 5.10. The molecule has 9 amide bonds. The minimum atomic E-state index is -1.03. The average Bonchev–Trinajstić information content (AvgIpc) is 3.35. The van der Waals surface area contributed by atoms with Gasteiger partial charge in [0, 0.05) is 51.2 Å². The summed E-state index contributed by atoms with van der Waals surface area (Å²) < 4.78 is 0. The molecule has 49 heavy (non-hydrogen) atoms. The molecule has 272 valence electrons. The number of urea groups is 1. The Hall–Kier alpha value is -4.44. The largest absolute Gasteiger partial charge is 0.356 e. The fraction of sp³-hybridized carbons (Fsp3) is 0.688. The van der Waals surface area contributed by atoms with Crippen LogP contribution in [0, 0.1) is 5.92 Å². The summed E-state index contributed by atoms with van der Waals surface area (Å²) in [7, 11) is 5.62. The first-order valence-electron chi connectivity index (χ1n) is 16.9. The van der Waals surface area contributed by atoms with Crippen LogP contribution < -0.4 is 37.6 Å². The molecule has 0 spiro atoms. The maximum atomic E-state index is 13.4. The second kappa shape index (κ2) is 23.0. The van der Waals surface area contributed by atoms with Crippen molar-refractivity contribution in [3.05, 3.63) is 12.2 Å².